The van der Waals surface area contributed by atoms with Gasteiger partial charge in [0.05, 0.1) is 12.2 Å². The van der Waals surface area contributed by atoms with Crippen LogP contribution in [0.2, 0.25) is 0 Å². The Bertz CT molecular complexity index is 1080. The quantitative estimate of drug-likeness (QED) is 0.526. The molecule has 0 aliphatic carbocycles. The number of carbonyl (C=O) groups excluding carboxylic acids is 1. The Labute approximate surface area is 168 Å². The van der Waals surface area contributed by atoms with Crippen molar-refractivity contribution in [2.24, 2.45) is 0 Å². The summed E-state index contributed by atoms with van der Waals surface area (Å²) in [5.41, 5.74) is 2.60. The molecule has 29 heavy (non-hydrogen) atoms. The number of hydrogen-bond donors (Lipinski definition) is 1. The number of para-hydroxylation sites is 2. The summed E-state index contributed by atoms with van der Waals surface area (Å²) in [6.07, 6.45) is 0. The lowest BCUT2D eigenvalue weighted by Gasteiger charge is -2.12. The van der Waals surface area contributed by atoms with Crippen LogP contribution >= 0.6 is 0 Å². The third kappa shape index (κ3) is 4.65. The van der Waals surface area contributed by atoms with Crippen molar-refractivity contribution in [2.75, 3.05) is 5.32 Å². The third-order valence-electron chi connectivity index (χ3n) is 4.28. The molecule has 0 saturated carbocycles. The fourth-order valence-electron chi connectivity index (χ4n) is 2.84. The summed E-state index contributed by atoms with van der Waals surface area (Å²) in [7, 11) is 0. The number of benzene rings is 3. The topological polar surface area (TPSA) is 81.9 Å². The highest BCUT2D eigenvalue weighted by molar-refractivity contribution is 6.02. The molecule has 0 saturated heterocycles. The maximum absolute atomic E-state index is 12.8. The molecule has 0 fully saturated rings. The molecule has 0 unspecified atom stereocenters. The van der Waals surface area contributed by atoms with Crippen LogP contribution in [-0.4, -0.2) is 26.1 Å². The Balaban J connectivity index is 1.47. The van der Waals surface area contributed by atoms with Gasteiger partial charge in [0.1, 0.15) is 12.4 Å². The van der Waals surface area contributed by atoms with E-state index in [9.17, 15) is 4.79 Å². The van der Waals surface area contributed by atoms with Gasteiger partial charge in [-0.15, -0.1) is 5.10 Å². The second-order valence-corrected chi connectivity index (χ2v) is 6.37. The van der Waals surface area contributed by atoms with E-state index in [1.165, 1.54) is 4.68 Å². The van der Waals surface area contributed by atoms with Crippen LogP contribution in [0.1, 0.15) is 21.7 Å². The van der Waals surface area contributed by atoms with Crippen molar-refractivity contribution in [3.8, 4) is 5.75 Å². The molecule has 7 nitrogen and oxygen atoms in total. The average molecular weight is 385 g/mol. The summed E-state index contributed by atoms with van der Waals surface area (Å²) in [6, 6.07) is 26.8. The van der Waals surface area contributed by atoms with Crippen molar-refractivity contribution >= 4 is 11.6 Å². The number of tetrazole rings is 1. The number of rotatable bonds is 7. The minimum absolute atomic E-state index is 0.131. The molecule has 1 heterocycles. The Hall–Kier alpha value is -4.00. The molecular weight excluding hydrogens is 366 g/mol. The largest absolute Gasteiger partial charge is 0.487 e. The van der Waals surface area contributed by atoms with Crippen molar-refractivity contribution < 1.29 is 9.53 Å². The van der Waals surface area contributed by atoms with Crippen molar-refractivity contribution in [3.05, 3.63) is 102 Å². The van der Waals surface area contributed by atoms with Gasteiger partial charge in [-0.3, -0.25) is 4.79 Å². The Morgan fingerprint density at radius 2 is 1.52 bits per heavy atom. The fraction of sp³-hybridized carbons (Fsp3) is 0.0909. The number of carbonyl (C=O) groups is 1. The van der Waals surface area contributed by atoms with Crippen molar-refractivity contribution in [2.45, 2.75) is 13.2 Å². The lowest BCUT2D eigenvalue weighted by atomic mass is 10.2. The number of ether oxygens (including phenoxy) is 1. The number of amides is 1. The first-order valence-corrected chi connectivity index (χ1v) is 9.17. The van der Waals surface area contributed by atoms with E-state index in [-0.39, 0.29) is 5.82 Å². The van der Waals surface area contributed by atoms with E-state index < -0.39 is 5.91 Å². The highest BCUT2D eigenvalue weighted by Crippen LogP contribution is 2.25. The van der Waals surface area contributed by atoms with Gasteiger partial charge < -0.3 is 10.1 Å². The number of aromatic nitrogens is 4. The maximum Gasteiger partial charge on any atom is 0.295 e. The Morgan fingerprint density at radius 3 is 2.28 bits per heavy atom. The van der Waals surface area contributed by atoms with Gasteiger partial charge in [-0.2, -0.15) is 0 Å². The van der Waals surface area contributed by atoms with E-state index >= 15 is 0 Å². The van der Waals surface area contributed by atoms with Crippen LogP contribution in [0.25, 0.3) is 0 Å². The standard InChI is InChI=1S/C22H19N5O2/c28-22(21-24-25-26-27(21)15-17-9-3-1-4-10-17)23-19-13-7-8-14-20(19)29-16-18-11-5-2-6-12-18/h1-14H,15-16H2,(H,23,28). The maximum atomic E-state index is 12.8. The van der Waals surface area contributed by atoms with Gasteiger partial charge >= 0.3 is 0 Å². The summed E-state index contributed by atoms with van der Waals surface area (Å²) in [6.45, 7) is 0.808. The summed E-state index contributed by atoms with van der Waals surface area (Å²) in [4.78, 5) is 12.8. The van der Waals surface area contributed by atoms with Gasteiger partial charge in [0, 0.05) is 0 Å². The van der Waals surface area contributed by atoms with Crippen LogP contribution in [0, 0.1) is 0 Å². The molecule has 4 rings (SSSR count). The van der Waals surface area contributed by atoms with Crippen LogP contribution in [0.4, 0.5) is 5.69 Å². The molecule has 0 aliphatic rings. The monoisotopic (exact) mass is 385 g/mol. The summed E-state index contributed by atoms with van der Waals surface area (Å²) in [5, 5.41) is 14.3. The van der Waals surface area contributed by atoms with Crippen molar-refractivity contribution in [1.29, 1.82) is 0 Å². The number of anilines is 1. The van der Waals surface area contributed by atoms with E-state index in [2.05, 4.69) is 20.8 Å². The average Bonchev–Trinajstić information content (AvgIpc) is 3.23. The zero-order valence-corrected chi connectivity index (χ0v) is 15.6. The first-order valence-electron chi connectivity index (χ1n) is 9.17. The molecule has 0 bridgehead atoms. The fourth-order valence-corrected chi connectivity index (χ4v) is 2.84. The molecular formula is C22H19N5O2. The van der Waals surface area contributed by atoms with E-state index in [0.717, 1.165) is 11.1 Å². The minimum Gasteiger partial charge on any atom is -0.487 e. The zero-order chi connectivity index (χ0) is 19.9. The molecule has 3 aromatic carbocycles. The van der Waals surface area contributed by atoms with Crippen LogP contribution in [-0.2, 0) is 13.2 Å². The smallest absolute Gasteiger partial charge is 0.295 e. The van der Waals surface area contributed by atoms with E-state index in [0.29, 0.717) is 24.6 Å². The zero-order valence-electron chi connectivity index (χ0n) is 15.6. The SMILES string of the molecule is O=C(Nc1ccccc1OCc1ccccc1)c1nnnn1Cc1ccccc1. The molecule has 0 aliphatic heterocycles. The summed E-state index contributed by atoms with van der Waals surface area (Å²) >= 11 is 0. The lowest BCUT2D eigenvalue weighted by Crippen LogP contribution is -2.20. The second-order valence-electron chi connectivity index (χ2n) is 6.37. The van der Waals surface area contributed by atoms with Gasteiger partial charge in [0.2, 0.25) is 5.82 Å². The number of nitrogens with one attached hydrogen (secondary N) is 1. The summed E-state index contributed by atoms with van der Waals surface area (Å²) in [5.74, 6) is 0.306. The van der Waals surface area contributed by atoms with Gasteiger partial charge in [0.15, 0.2) is 0 Å². The molecule has 1 N–H and O–H groups in total. The van der Waals surface area contributed by atoms with E-state index in [1.807, 2.05) is 78.9 Å². The first-order chi connectivity index (χ1) is 14.3. The first kappa shape index (κ1) is 18.4. The normalized spacial score (nSPS) is 10.5. The van der Waals surface area contributed by atoms with Crippen molar-refractivity contribution in [1.82, 2.24) is 20.2 Å². The predicted octanol–water partition coefficient (Wildman–Crippen LogP) is 3.55. The highest BCUT2D eigenvalue weighted by Gasteiger charge is 2.17. The van der Waals surface area contributed by atoms with Gasteiger partial charge in [-0.05, 0) is 33.7 Å². The lowest BCUT2D eigenvalue weighted by molar-refractivity contribution is 0.101. The molecule has 1 aromatic heterocycles. The van der Waals surface area contributed by atoms with E-state index in [1.54, 1.807) is 6.07 Å². The predicted molar refractivity (Wildman–Crippen MR) is 109 cm³/mol. The van der Waals surface area contributed by atoms with Gasteiger partial charge in [-0.25, -0.2) is 4.68 Å². The third-order valence-corrected chi connectivity index (χ3v) is 4.28. The molecule has 0 atom stereocenters. The van der Waals surface area contributed by atoms with E-state index in [4.69, 9.17) is 4.74 Å². The Kier molecular flexibility index (Phi) is 5.57. The Morgan fingerprint density at radius 1 is 0.862 bits per heavy atom. The van der Waals surface area contributed by atoms with Crippen molar-refractivity contribution in [3.63, 3.8) is 0 Å². The minimum atomic E-state index is -0.401. The molecule has 1 amide bonds. The molecule has 144 valence electrons. The molecule has 0 radical (unpaired) electrons. The molecule has 4 aromatic rings. The van der Waals surface area contributed by atoms with Gasteiger partial charge in [-0.1, -0.05) is 72.8 Å². The second kappa shape index (κ2) is 8.79. The molecule has 0 spiro atoms. The van der Waals surface area contributed by atoms with Gasteiger partial charge in [0.25, 0.3) is 5.91 Å². The summed E-state index contributed by atoms with van der Waals surface area (Å²) < 4.78 is 7.36. The van der Waals surface area contributed by atoms with Crippen LogP contribution in [0.3, 0.4) is 0 Å². The van der Waals surface area contributed by atoms with Crippen LogP contribution in [0.15, 0.2) is 84.9 Å². The highest BCUT2D eigenvalue weighted by atomic mass is 16.5. The van der Waals surface area contributed by atoms with Crippen LogP contribution in [0.5, 0.6) is 5.75 Å². The van der Waals surface area contributed by atoms with Crippen LogP contribution < -0.4 is 10.1 Å². The number of hydrogen-bond acceptors (Lipinski definition) is 5. The number of nitrogens with zero attached hydrogens (tertiary/aromatic N) is 4. The molecule has 7 heteroatoms.